The molecule has 170 valence electrons. The second-order valence-electron chi connectivity index (χ2n) is 8.00. The van der Waals surface area contributed by atoms with E-state index >= 15 is 0 Å². The average Bonchev–Trinajstić information content (AvgIpc) is 2.85. The molecule has 0 radical (unpaired) electrons. The third kappa shape index (κ3) is 5.93. The Morgan fingerprint density at radius 3 is 1.65 bits per heavy atom. The van der Waals surface area contributed by atoms with Crippen LogP contribution in [0.25, 0.3) is 12.2 Å². The van der Waals surface area contributed by atoms with E-state index in [1.165, 1.54) is 0 Å². The molecule has 2 nitrogen and oxygen atoms in total. The van der Waals surface area contributed by atoms with Crippen molar-refractivity contribution in [3.63, 3.8) is 0 Å². The van der Waals surface area contributed by atoms with Gasteiger partial charge in [-0.15, -0.1) is 0 Å². The molecule has 3 aromatic carbocycles. The topological polar surface area (TPSA) is 6.48 Å². The summed E-state index contributed by atoms with van der Waals surface area (Å²) in [5, 5.41) is 0. The molecule has 3 rings (SSSR count). The van der Waals surface area contributed by atoms with Crippen molar-refractivity contribution in [1.82, 2.24) is 0 Å². The number of anilines is 3. The van der Waals surface area contributed by atoms with Crippen molar-refractivity contribution in [3.05, 3.63) is 152 Å². The lowest BCUT2D eigenvalue weighted by molar-refractivity contribution is 1.07. The van der Waals surface area contributed by atoms with Gasteiger partial charge in [0.2, 0.25) is 0 Å². The summed E-state index contributed by atoms with van der Waals surface area (Å²) < 4.78 is 0. The quantitative estimate of drug-likeness (QED) is 0.227. The summed E-state index contributed by atoms with van der Waals surface area (Å²) in [4.78, 5) is 4.21. The maximum Gasteiger partial charge on any atom is 0.0461 e. The van der Waals surface area contributed by atoms with Crippen LogP contribution in [0, 0.1) is 0 Å². The molecule has 0 unspecified atom stereocenters. The first kappa shape index (κ1) is 24.3. The van der Waals surface area contributed by atoms with Gasteiger partial charge in [0, 0.05) is 34.2 Å². The minimum absolute atomic E-state index is 0.830. The Morgan fingerprint density at radius 1 is 0.676 bits per heavy atom. The van der Waals surface area contributed by atoms with Crippen LogP contribution in [0.2, 0.25) is 0 Å². The molecule has 0 atom stereocenters. The molecule has 34 heavy (non-hydrogen) atoms. The van der Waals surface area contributed by atoms with E-state index in [4.69, 9.17) is 0 Å². The van der Waals surface area contributed by atoms with Crippen LogP contribution >= 0.6 is 0 Å². The van der Waals surface area contributed by atoms with Gasteiger partial charge in [-0.25, -0.2) is 0 Å². The maximum absolute atomic E-state index is 4.15. The Kier molecular flexibility index (Phi) is 8.26. The third-order valence-corrected chi connectivity index (χ3v) is 5.40. The van der Waals surface area contributed by atoms with Crippen LogP contribution in [0.1, 0.15) is 25.0 Å². The fourth-order valence-electron chi connectivity index (χ4n) is 3.78. The molecule has 0 fully saturated rings. The molecule has 0 spiro atoms. The van der Waals surface area contributed by atoms with Crippen molar-refractivity contribution in [2.45, 2.75) is 13.8 Å². The largest absolute Gasteiger partial charge is 0.319 e. The zero-order valence-electron chi connectivity index (χ0n) is 20.1. The number of rotatable bonds is 10. The summed E-state index contributed by atoms with van der Waals surface area (Å²) in [5.41, 5.74) is 8.30. The van der Waals surface area contributed by atoms with Gasteiger partial charge in [0.05, 0.1) is 0 Å². The Bertz CT molecular complexity index is 1210. The lowest BCUT2D eigenvalue weighted by atomic mass is 10.1. The molecule has 0 aliphatic carbocycles. The van der Waals surface area contributed by atoms with Crippen LogP contribution in [0.4, 0.5) is 17.1 Å². The molecule has 0 aliphatic heterocycles. The second kappa shape index (κ2) is 11.5. The summed E-state index contributed by atoms with van der Waals surface area (Å²) in [6, 6.07) is 27.0. The molecule has 0 saturated heterocycles. The zero-order chi connectivity index (χ0) is 24.5. The van der Waals surface area contributed by atoms with E-state index in [0.717, 1.165) is 45.3 Å². The average molecular weight is 445 g/mol. The SMILES string of the molecule is C=C/C=C(\C)N(C(=C)C)c1ccc(/C=C\c2ccc(N(C(=C)C=C)c3ccccc3)cc2)cc1. The Morgan fingerprint density at radius 2 is 1.18 bits per heavy atom. The first-order valence-electron chi connectivity index (χ1n) is 11.2. The monoisotopic (exact) mass is 444 g/mol. The van der Waals surface area contributed by atoms with E-state index in [0.29, 0.717) is 0 Å². The normalized spacial score (nSPS) is 11.2. The predicted octanol–water partition coefficient (Wildman–Crippen LogP) is 9.12. The van der Waals surface area contributed by atoms with Gasteiger partial charge >= 0.3 is 0 Å². The van der Waals surface area contributed by atoms with Crippen molar-refractivity contribution < 1.29 is 0 Å². The molecule has 0 heterocycles. The molecular formula is C32H32N2. The van der Waals surface area contributed by atoms with Gasteiger partial charge in [-0.1, -0.05) is 87.0 Å². The third-order valence-electron chi connectivity index (χ3n) is 5.40. The van der Waals surface area contributed by atoms with Gasteiger partial charge < -0.3 is 9.80 Å². The van der Waals surface area contributed by atoms with Crippen molar-refractivity contribution in [2.75, 3.05) is 9.80 Å². The standard InChI is InChI=1S/C32H32N2/c1-7-12-27(6)33(25(3)4)31-21-17-28(18-22-31)15-16-29-19-23-32(24-20-29)34(26(5)8-2)30-13-10-9-11-14-30/h7-24H,1-3,5H2,4,6H3/b16-15-,27-12+. The van der Waals surface area contributed by atoms with Gasteiger partial charge in [-0.05, 0) is 73.5 Å². The highest BCUT2D eigenvalue weighted by molar-refractivity contribution is 5.74. The van der Waals surface area contributed by atoms with Crippen LogP contribution in [-0.4, -0.2) is 0 Å². The van der Waals surface area contributed by atoms with E-state index < -0.39 is 0 Å². The van der Waals surface area contributed by atoms with Crippen LogP contribution in [0.3, 0.4) is 0 Å². The lowest BCUT2D eigenvalue weighted by Gasteiger charge is -2.25. The minimum Gasteiger partial charge on any atom is -0.319 e. The number of para-hydroxylation sites is 1. The van der Waals surface area contributed by atoms with Gasteiger partial charge in [0.1, 0.15) is 0 Å². The molecule has 0 aliphatic rings. The molecule has 0 aromatic heterocycles. The van der Waals surface area contributed by atoms with E-state index in [-0.39, 0.29) is 0 Å². The van der Waals surface area contributed by atoms with Crippen molar-refractivity contribution in [3.8, 4) is 0 Å². The first-order valence-corrected chi connectivity index (χ1v) is 11.2. The van der Waals surface area contributed by atoms with Crippen LogP contribution in [0.5, 0.6) is 0 Å². The van der Waals surface area contributed by atoms with Crippen molar-refractivity contribution >= 4 is 29.2 Å². The highest BCUT2D eigenvalue weighted by Crippen LogP contribution is 2.30. The number of hydrogen-bond acceptors (Lipinski definition) is 2. The summed E-state index contributed by atoms with van der Waals surface area (Å²) >= 11 is 0. The molecule has 0 N–H and O–H groups in total. The first-order chi connectivity index (χ1) is 16.4. The zero-order valence-corrected chi connectivity index (χ0v) is 20.1. The van der Waals surface area contributed by atoms with Crippen molar-refractivity contribution in [2.24, 2.45) is 0 Å². The molecule has 0 amide bonds. The minimum atomic E-state index is 0.830. The van der Waals surface area contributed by atoms with E-state index in [1.807, 2.05) is 31.2 Å². The maximum atomic E-state index is 4.15. The van der Waals surface area contributed by atoms with E-state index in [2.05, 4.69) is 116 Å². The van der Waals surface area contributed by atoms with Gasteiger partial charge in [-0.2, -0.15) is 0 Å². The van der Waals surface area contributed by atoms with Gasteiger partial charge in [-0.3, -0.25) is 0 Å². The van der Waals surface area contributed by atoms with E-state index in [1.54, 1.807) is 12.2 Å². The summed E-state index contributed by atoms with van der Waals surface area (Å²) in [7, 11) is 0. The van der Waals surface area contributed by atoms with E-state index in [9.17, 15) is 0 Å². The number of allylic oxidation sites excluding steroid dienone is 5. The molecular weight excluding hydrogens is 412 g/mol. The highest BCUT2D eigenvalue weighted by atomic mass is 15.1. The fourth-order valence-corrected chi connectivity index (χ4v) is 3.78. The van der Waals surface area contributed by atoms with Gasteiger partial charge in [0.25, 0.3) is 0 Å². The number of nitrogens with zero attached hydrogens (tertiary/aromatic N) is 2. The number of benzene rings is 3. The summed E-state index contributed by atoms with van der Waals surface area (Å²) in [5.74, 6) is 0. The van der Waals surface area contributed by atoms with Gasteiger partial charge in [0.15, 0.2) is 0 Å². The Balaban J connectivity index is 1.78. The lowest BCUT2D eigenvalue weighted by Crippen LogP contribution is -2.17. The Hall–Kier alpha value is -4.30. The van der Waals surface area contributed by atoms with Crippen LogP contribution in [0.15, 0.2) is 140 Å². The Labute approximate surface area is 204 Å². The predicted molar refractivity (Wildman–Crippen MR) is 151 cm³/mol. The molecule has 0 bridgehead atoms. The van der Waals surface area contributed by atoms with Crippen molar-refractivity contribution in [1.29, 1.82) is 0 Å². The second-order valence-corrected chi connectivity index (χ2v) is 8.00. The smallest absolute Gasteiger partial charge is 0.0461 e. The highest BCUT2D eigenvalue weighted by Gasteiger charge is 2.11. The molecule has 3 aromatic rings. The van der Waals surface area contributed by atoms with Crippen LogP contribution < -0.4 is 9.80 Å². The fraction of sp³-hybridized carbons (Fsp3) is 0.0625. The van der Waals surface area contributed by atoms with Crippen LogP contribution in [-0.2, 0) is 0 Å². The number of hydrogen-bond donors (Lipinski definition) is 0. The molecule has 0 saturated carbocycles. The summed E-state index contributed by atoms with van der Waals surface area (Å²) in [6.45, 7) is 20.0. The molecule has 2 heteroatoms. The summed E-state index contributed by atoms with van der Waals surface area (Å²) in [6.07, 6.45) is 9.78.